The number of nitrogens with zero attached hydrogens (tertiary/aromatic N) is 3. The van der Waals surface area contributed by atoms with E-state index in [1.54, 1.807) is 41.1 Å². The summed E-state index contributed by atoms with van der Waals surface area (Å²) in [6.45, 7) is 7.03. The molecular formula is C16H12F3N3O. The first-order valence-corrected chi connectivity index (χ1v) is 6.74. The van der Waals surface area contributed by atoms with Gasteiger partial charge < -0.3 is 8.98 Å². The topological polar surface area (TPSA) is 46.2 Å². The molecule has 7 heteroatoms. The first-order valence-electron chi connectivity index (χ1n) is 6.74. The molecule has 118 valence electrons. The van der Waals surface area contributed by atoms with E-state index in [4.69, 9.17) is 16.3 Å². The smallest absolute Gasteiger partial charge is 0.389 e. The Labute approximate surface area is 130 Å². The van der Waals surface area contributed by atoms with E-state index in [9.17, 15) is 13.2 Å². The standard InChI is InChI=1S/C16H12F3N3O/c1-21-12(11-20)10-13-5-6-15(23-13)14-4-2-8-22(14)9-3-7-16(17,18)19/h2,4-6,8,10H,3,7,9H2/b12-10+. The van der Waals surface area contributed by atoms with Crippen molar-refractivity contribution in [3.63, 3.8) is 0 Å². The fraction of sp³-hybridized carbons (Fsp3) is 0.250. The van der Waals surface area contributed by atoms with Gasteiger partial charge in [0, 0.05) is 19.2 Å². The molecule has 0 aliphatic rings. The highest BCUT2D eigenvalue weighted by Gasteiger charge is 2.26. The molecular weight excluding hydrogens is 307 g/mol. The molecule has 0 amide bonds. The Bertz CT molecular complexity index is 769. The maximum absolute atomic E-state index is 12.2. The summed E-state index contributed by atoms with van der Waals surface area (Å²) in [5.74, 6) is 0.811. The van der Waals surface area contributed by atoms with Crippen LogP contribution in [0.1, 0.15) is 18.6 Å². The largest absolute Gasteiger partial charge is 0.456 e. The number of alkyl halides is 3. The highest BCUT2D eigenvalue weighted by molar-refractivity contribution is 5.60. The molecule has 2 heterocycles. The van der Waals surface area contributed by atoms with Crippen molar-refractivity contribution < 1.29 is 17.6 Å². The molecule has 23 heavy (non-hydrogen) atoms. The fourth-order valence-electron chi connectivity index (χ4n) is 2.07. The van der Waals surface area contributed by atoms with E-state index in [0.29, 0.717) is 17.2 Å². The zero-order valence-electron chi connectivity index (χ0n) is 12.0. The molecule has 0 unspecified atom stereocenters. The summed E-state index contributed by atoms with van der Waals surface area (Å²) < 4.78 is 43.9. The molecule has 2 rings (SSSR count). The minimum Gasteiger partial charge on any atom is -0.456 e. The Balaban J connectivity index is 2.14. The van der Waals surface area contributed by atoms with Crippen molar-refractivity contribution in [3.05, 3.63) is 53.3 Å². The van der Waals surface area contributed by atoms with Gasteiger partial charge in [-0.2, -0.15) is 13.2 Å². The van der Waals surface area contributed by atoms with Crippen LogP contribution in [0.15, 0.2) is 40.6 Å². The summed E-state index contributed by atoms with van der Waals surface area (Å²) in [5.41, 5.74) is 0.541. The van der Waals surface area contributed by atoms with Crippen LogP contribution in [0.2, 0.25) is 0 Å². The van der Waals surface area contributed by atoms with Crippen LogP contribution in [0.25, 0.3) is 22.4 Å². The lowest BCUT2D eigenvalue weighted by Gasteiger charge is -2.09. The van der Waals surface area contributed by atoms with Gasteiger partial charge in [0.05, 0.1) is 18.3 Å². The van der Waals surface area contributed by atoms with Gasteiger partial charge in [-0.25, -0.2) is 10.1 Å². The number of aryl methyl sites for hydroxylation is 1. The van der Waals surface area contributed by atoms with Crippen LogP contribution in [0.3, 0.4) is 0 Å². The van der Waals surface area contributed by atoms with Crippen LogP contribution in [-0.4, -0.2) is 10.7 Å². The second-order valence-corrected chi connectivity index (χ2v) is 4.76. The summed E-state index contributed by atoms with van der Waals surface area (Å²) >= 11 is 0. The van der Waals surface area contributed by atoms with Crippen LogP contribution in [0, 0.1) is 17.9 Å². The second kappa shape index (κ2) is 6.89. The minimum atomic E-state index is -4.16. The van der Waals surface area contributed by atoms with Crippen molar-refractivity contribution in [3.8, 4) is 17.5 Å². The zero-order valence-corrected chi connectivity index (χ0v) is 12.0. The molecule has 0 fully saturated rings. The SMILES string of the molecule is [C-]#[N+]/C(C#N)=C/c1ccc(-c2cccn2CCCC(F)(F)F)o1. The summed E-state index contributed by atoms with van der Waals surface area (Å²) in [5, 5.41) is 8.72. The van der Waals surface area contributed by atoms with E-state index in [-0.39, 0.29) is 18.7 Å². The molecule has 4 nitrogen and oxygen atoms in total. The van der Waals surface area contributed by atoms with Gasteiger partial charge in [-0.05, 0) is 36.8 Å². The van der Waals surface area contributed by atoms with Crippen molar-refractivity contribution >= 4 is 6.08 Å². The molecule has 2 aromatic heterocycles. The average molecular weight is 319 g/mol. The van der Waals surface area contributed by atoms with Gasteiger partial charge in [0.15, 0.2) is 5.76 Å². The highest BCUT2D eigenvalue weighted by Crippen LogP contribution is 2.26. The molecule has 0 saturated heterocycles. The van der Waals surface area contributed by atoms with E-state index in [1.807, 2.05) is 0 Å². The van der Waals surface area contributed by atoms with Gasteiger partial charge >= 0.3 is 6.18 Å². The Kier molecular flexibility index (Phi) is 4.92. The number of furan rings is 1. The average Bonchev–Trinajstić information content (AvgIpc) is 3.12. The van der Waals surface area contributed by atoms with Crippen LogP contribution in [0.5, 0.6) is 0 Å². The van der Waals surface area contributed by atoms with Gasteiger partial charge in [0.2, 0.25) is 0 Å². The summed E-state index contributed by atoms with van der Waals surface area (Å²) in [6.07, 6.45) is -2.03. The Morgan fingerprint density at radius 1 is 1.39 bits per heavy atom. The molecule has 2 aromatic rings. The first kappa shape index (κ1) is 16.4. The monoisotopic (exact) mass is 319 g/mol. The van der Waals surface area contributed by atoms with Gasteiger partial charge in [-0.15, -0.1) is 0 Å². The molecule has 0 aliphatic heterocycles. The van der Waals surface area contributed by atoms with Gasteiger partial charge in [-0.1, -0.05) is 0 Å². The molecule has 0 aliphatic carbocycles. The van der Waals surface area contributed by atoms with Gasteiger partial charge in [0.1, 0.15) is 5.76 Å². The molecule has 0 aromatic carbocycles. The van der Waals surface area contributed by atoms with Crippen molar-refractivity contribution in [2.24, 2.45) is 0 Å². The highest BCUT2D eigenvalue weighted by atomic mass is 19.4. The second-order valence-electron chi connectivity index (χ2n) is 4.76. The zero-order chi connectivity index (χ0) is 16.9. The summed E-state index contributed by atoms with van der Waals surface area (Å²) in [4.78, 5) is 3.03. The fourth-order valence-corrected chi connectivity index (χ4v) is 2.07. The van der Waals surface area contributed by atoms with Crippen LogP contribution < -0.4 is 0 Å². The molecule has 0 saturated carbocycles. The van der Waals surface area contributed by atoms with E-state index in [1.165, 1.54) is 6.08 Å². The third kappa shape index (κ3) is 4.52. The van der Waals surface area contributed by atoms with E-state index in [2.05, 4.69) is 4.85 Å². The summed E-state index contributed by atoms with van der Waals surface area (Å²) in [6, 6.07) is 8.45. The quantitative estimate of drug-likeness (QED) is 0.583. The van der Waals surface area contributed by atoms with Crippen LogP contribution >= 0.6 is 0 Å². The maximum atomic E-state index is 12.2. The number of rotatable bonds is 5. The van der Waals surface area contributed by atoms with Crippen molar-refractivity contribution in [1.29, 1.82) is 5.26 Å². The van der Waals surface area contributed by atoms with Crippen molar-refractivity contribution in [2.45, 2.75) is 25.6 Å². The minimum absolute atomic E-state index is 0.0189. The lowest BCUT2D eigenvalue weighted by Crippen LogP contribution is -2.09. The lowest BCUT2D eigenvalue weighted by molar-refractivity contribution is -0.135. The number of nitriles is 1. The normalized spacial score (nSPS) is 12.0. The molecule has 0 N–H and O–H groups in total. The number of hydrogen-bond donors (Lipinski definition) is 0. The Morgan fingerprint density at radius 2 is 2.17 bits per heavy atom. The van der Waals surface area contributed by atoms with Gasteiger partial charge in [-0.3, -0.25) is 0 Å². The summed E-state index contributed by atoms with van der Waals surface area (Å²) in [7, 11) is 0. The third-order valence-corrected chi connectivity index (χ3v) is 3.08. The Hall–Kier alpha value is -2.93. The number of hydrogen-bond acceptors (Lipinski definition) is 2. The van der Waals surface area contributed by atoms with Crippen molar-refractivity contribution in [1.82, 2.24) is 4.57 Å². The first-order chi connectivity index (χ1) is 10.9. The van der Waals surface area contributed by atoms with E-state index >= 15 is 0 Å². The van der Waals surface area contributed by atoms with Gasteiger partial charge in [0.25, 0.3) is 5.70 Å². The van der Waals surface area contributed by atoms with E-state index in [0.717, 1.165) is 0 Å². The van der Waals surface area contributed by atoms with Crippen molar-refractivity contribution in [2.75, 3.05) is 0 Å². The Morgan fingerprint density at radius 3 is 2.83 bits per heavy atom. The third-order valence-electron chi connectivity index (χ3n) is 3.08. The number of aromatic nitrogens is 1. The number of halogens is 3. The predicted molar refractivity (Wildman–Crippen MR) is 77.6 cm³/mol. The number of allylic oxidation sites excluding steroid dienone is 1. The molecule has 0 bridgehead atoms. The molecule has 0 radical (unpaired) electrons. The van der Waals surface area contributed by atoms with Crippen LogP contribution in [-0.2, 0) is 6.54 Å². The maximum Gasteiger partial charge on any atom is 0.389 e. The lowest BCUT2D eigenvalue weighted by atomic mass is 10.3. The molecule has 0 spiro atoms. The predicted octanol–water partition coefficient (Wildman–Crippen LogP) is 4.87. The molecule has 0 atom stereocenters. The van der Waals surface area contributed by atoms with E-state index < -0.39 is 12.6 Å². The van der Waals surface area contributed by atoms with Crippen LogP contribution in [0.4, 0.5) is 13.2 Å².